The number of hydrogen-bond acceptors (Lipinski definition) is 7. The topological polar surface area (TPSA) is 84.8 Å². The Kier molecular flexibility index (Phi) is 6.46. The summed E-state index contributed by atoms with van der Waals surface area (Å²) in [7, 11) is 3.16. The van der Waals surface area contributed by atoms with Gasteiger partial charge in [-0.05, 0) is 36.4 Å². The molecule has 3 aromatic rings. The molecule has 0 bridgehead atoms. The number of hydrogen-bond donors (Lipinski definition) is 2. The average molecular weight is 417 g/mol. The molecule has 0 fully saturated rings. The van der Waals surface area contributed by atoms with Crippen LogP contribution in [0.1, 0.15) is 15.2 Å². The lowest BCUT2D eigenvalue weighted by Gasteiger charge is -2.07. The molecular formula is C19H17ClN4O3S. The summed E-state index contributed by atoms with van der Waals surface area (Å²) in [5.41, 5.74) is 3.69. The van der Waals surface area contributed by atoms with E-state index in [0.29, 0.717) is 27.1 Å². The van der Waals surface area contributed by atoms with Crippen molar-refractivity contribution in [3.63, 3.8) is 0 Å². The molecule has 0 saturated carbocycles. The molecule has 1 amide bonds. The molecule has 2 N–H and O–H groups in total. The summed E-state index contributed by atoms with van der Waals surface area (Å²) >= 11 is 7.46. The van der Waals surface area contributed by atoms with Crippen LogP contribution in [0.25, 0.3) is 0 Å². The number of methoxy groups -OCH3 is 2. The zero-order chi connectivity index (χ0) is 19.9. The van der Waals surface area contributed by atoms with Crippen molar-refractivity contribution in [3.8, 4) is 11.5 Å². The van der Waals surface area contributed by atoms with Crippen LogP contribution >= 0.6 is 22.9 Å². The second kappa shape index (κ2) is 9.20. The molecule has 0 radical (unpaired) electrons. The van der Waals surface area contributed by atoms with Crippen molar-refractivity contribution in [3.05, 3.63) is 64.1 Å². The van der Waals surface area contributed by atoms with E-state index in [4.69, 9.17) is 21.1 Å². The first kappa shape index (κ1) is 19.7. The number of para-hydroxylation sites is 2. The number of rotatable bonds is 7. The Balaban J connectivity index is 1.65. The van der Waals surface area contributed by atoms with Crippen molar-refractivity contribution in [1.82, 2.24) is 10.4 Å². The van der Waals surface area contributed by atoms with Crippen LogP contribution in [0.2, 0.25) is 5.15 Å². The normalized spacial score (nSPS) is 10.7. The van der Waals surface area contributed by atoms with Crippen LogP contribution in [0, 0.1) is 0 Å². The number of benzene rings is 2. The second-order valence-corrected chi connectivity index (χ2v) is 6.82. The van der Waals surface area contributed by atoms with Crippen LogP contribution in [0.4, 0.5) is 10.8 Å². The zero-order valence-electron chi connectivity index (χ0n) is 15.1. The van der Waals surface area contributed by atoms with Crippen LogP contribution < -0.4 is 20.2 Å². The number of thiazole rings is 1. The maximum absolute atomic E-state index is 12.1. The van der Waals surface area contributed by atoms with Crippen LogP contribution in [0.5, 0.6) is 11.5 Å². The van der Waals surface area contributed by atoms with E-state index in [1.54, 1.807) is 38.5 Å². The number of anilines is 2. The lowest BCUT2D eigenvalue weighted by molar-refractivity contribution is 0.0955. The number of nitrogens with one attached hydrogen (secondary N) is 2. The molecule has 0 saturated heterocycles. The molecule has 9 heteroatoms. The Labute approximate surface area is 171 Å². The number of carbonyl (C=O) groups excluding carboxylic acids is 1. The summed E-state index contributed by atoms with van der Waals surface area (Å²) in [6.07, 6.45) is 1.45. The quantitative estimate of drug-likeness (QED) is 0.442. The number of aromatic nitrogens is 1. The van der Waals surface area contributed by atoms with Gasteiger partial charge in [0.15, 0.2) is 10.3 Å². The standard InChI is InChI=1S/C19H17ClN4O3S/c1-26-13-9-7-12(8-10-13)18(25)24-21-11-16-17(20)23-19(28-16)22-14-5-3-4-6-15(14)27-2/h3-11H,1-2H3,(H,22,23)(H,24,25)/b21-11+. The smallest absolute Gasteiger partial charge is 0.271 e. The maximum atomic E-state index is 12.1. The summed E-state index contributed by atoms with van der Waals surface area (Å²) < 4.78 is 10.4. The van der Waals surface area contributed by atoms with Gasteiger partial charge in [0.25, 0.3) is 5.91 Å². The van der Waals surface area contributed by atoms with Gasteiger partial charge in [-0.2, -0.15) is 5.10 Å². The van der Waals surface area contributed by atoms with E-state index in [9.17, 15) is 4.79 Å². The molecule has 0 aliphatic rings. The molecule has 144 valence electrons. The number of carbonyl (C=O) groups is 1. The van der Waals surface area contributed by atoms with Gasteiger partial charge in [-0.1, -0.05) is 35.1 Å². The molecule has 0 aliphatic heterocycles. The SMILES string of the molecule is COc1ccc(C(=O)N/N=C/c2sc(Nc3ccccc3OC)nc2Cl)cc1. The molecule has 0 spiro atoms. The average Bonchev–Trinajstić information content (AvgIpc) is 3.07. The van der Waals surface area contributed by atoms with E-state index < -0.39 is 0 Å². The van der Waals surface area contributed by atoms with Gasteiger partial charge in [0.1, 0.15) is 11.5 Å². The van der Waals surface area contributed by atoms with Crippen LogP contribution in [0.15, 0.2) is 53.6 Å². The fourth-order valence-electron chi connectivity index (χ4n) is 2.27. The van der Waals surface area contributed by atoms with Gasteiger partial charge in [0, 0.05) is 5.56 Å². The lowest BCUT2D eigenvalue weighted by Crippen LogP contribution is -2.17. The van der Waals surface area contributed by atoms with Crippen molar-refractivity contribution in [1.29, 1.82) is 0 Å². The van der Waals surface area contributed by atoms with Gasteiger partial charge in [-0.3, -0.25) is 4.79 Å². The second-order valence-electron chi connectivity index (χ2n) is 5.43. The highest BCUT2D eigenvalue weighted by Crippen LogP contribution is 2.31. The van der Waals surface area contributed by atoms with Gasteiger partial charge in [-0.25, -0.2) is 10.4 Å². The summed E-state index contributed by atoms with van der Waals surface area (Å²) in [4.78, 5) is 17.0. The lowest BCUT2D eigenvalue weighted by atomic mass is 10.2. The third-order valence-electron chi connectivity index (χ3n) is 3.66. The predicted octanol–water partition coefficient (Wildman–Crippen LogP) is 4.32. The molecule has 0 unspecified atom stereocenters. The molecule has 0 atom stereocenters. The van der Waals surface area contributed by atoms with Crippen molar-refractivity contribution < 1.29 is 14.3 Å². The minimum Gasteiger partial charge on any atom is -0.497 e. The van der Waals surface area contributed by atoms with E-state index in [0.717, 1.165) is 5.69 Å². The van der Waals surface area contributed by atoms with E-state index in [1.165, 1.54) is 17.6 Å². The summed E-state index contributed by atoms with van der Waals surface area (Å²) in [5, 5.41) is 7.97. The monoisotopic (exact) mass is 416 g/mol. The molecular weight excluding hydrogens is 400 g/mol. The third-order valence-corrected chi connectivity index (χ3v) is 4.96. The van der Waals surface area contributed by atoms with E-state index in [1.807, 2.05) is 24.3 Å². The Bertz CT molecular complexity index is 989. The number of ether oxygens (including phenoxy) is 2. The Morgan fingerprint density at radius 3 is 2.61 bits per heavy atom. The fourth-order valence-corrected chi connectivity index (χ4v) is 3.31. The van der Waals surface area contributed by atoms with Gasteiger partial charge >= 0.3 is 0 Å². The Morgan fingerprint density at radius 2 is 1.89 bits per heavy atom. The van der Waals surface area contributed by atoms with Crippen molar-refractivity contribution in [2.45, 2.75) is 0 Å². The van der Waals surface area contributed by atoms with Crippen LogP contribution in [0.3, 0.4) is 0 Å². The van der Waals surface area contributed by atoms with Gasteiger partial charge in [-0.15, -0.1) is 0 Å². The fraction of sp³-hybridized carbons (Fsp3) is 0.105. The molecule has 1 aromatic heterocycles. The minimum atomic E-state index is -0.341. The largest absolute Gasteiger partial charge is 0.497 e. The first-order chi connectivity index (χ1) is 13.6. The summed E-state index contributed by atoms with van der Waals surface area (Å²) in [6, 6.07) is 14.2. The summed E-state index contributed by atoms with van der Waals surface area (Å²) in [6.45, 7) is 0. The van der Waals surface area contributed by atoms with E-state index in [2.05, 4.69) is 20.8 Å². The van der Waals surface area contributed by atoms with Crippen molar-refractivity contribution in [2.24, 2.45) is 5.10 Å². The molecule has 28 heavy (non-hydrogen) atoms. The van der Waals surface area contributed by atoms with Gasteiger partial charge < -0.3 is 14.8 Å². The minimum absolute atomic E-state index is 0.282. The zero-order valence-corrected chi connectivity index (χ0v) is 16.7. The van der Waals surface area contributed by atoms with E-state index in [-0.39, 0.29) is 11.1 Å². The molecule has 3 rings (SSSR count). The number of nitrogens with zero attached hydrogens (tertiary/aromatic N) is 2. The van der Waals surface area contributed by atoms with Crippen molar-refractivity contribution >= 4 is 45.9 Å². The van der Waals surface area contributed by atoms with Gasteiger partial charge in [0.2, 0.25) is 0 Å². The number of halogens is 1. The first-order valence-corrected chi connectivity index (χ1v) is 9.34. The summed E-state index contributed by atoms with van der Waals surface area (Å²) in [5.74, 6) is 1.02. The highest BCUT2D eigenvalue weighted by Gasteiger charge is 2.10. The van der Waals surface area contributed by atoms with Gasteiger partial charge in [0.05, 0.1) is 31.0 Å². The number of hydrazone groups is 1. The van der Waals surface area contributed by atoms with Crippen LogP contribution in [-0.4, -0.2) is 31.3 Å². The first-order valence-electron chi connectivity index (χ1n) is 8.14. The molecule has 1 heterocycles. The molecule has 2 aromatic carbocycles. The highest BCUT2D eigenvalue weighted by molar-refractivity contribution is 7.17. The highest BCUT2D eigenvalue weighted by atomic mass is 35.5. The Hall–Kier alpha value is -3.10. The Morgan fingerprint density at radius 1 is 1.14 bits per heavy atom. The maximum Gasteiger partial charge on any atom is 0.271 e. The predicted molar refractivity (Wildman–Crippen MR) is 111 cm³/mol. The molecule has 7 nitrogen and oxygen atoms in total. The number of amides is 1. The molecule has 0 aliphatic carbocycles. The van der Waals surface area contributed by atoms with Crippen molar-refractivity contribution in [2.75, 3.05) is 19.5 Å². The third kappa shape index (κ3) is 4.79. The van der Waals surface area contributed by atoms with E-state index >= 15 is 0 Å². The van der Waals surface area contributed by atoms with Crippen LogP contribution in [-0.2, 0) is 0 Å².